The number of esters is 1. The van der Waals surface area contributed by atoms with E-state index in [9.17, 15) is 9.18 Å². The van der Waals surface area contributed by atoms with Gasteiger partial charge in [-0.2, -0.15) is 0 Å². The molecule has 0 N–H and O–H groups in total. The molecule has 3 aromatic rings. The van der Waals surface area contributed by atoms with E-state index < -0.39 is 5.82 Å². The fourth-order valence-corrected chi connectivity index (χ4v) is 9.14. The minimum Gasteiger partial charge on any atom is -0.491 e. The molecule has 5 rings (SSSR count). The van der Waals surface area contributed by atoms with E-state index in [1.807, 2.05) is 24.3 Å². The molecule has 352 valence electrons. The smallest absolute Gasteiger partial charge is 0.309 e. The van der Waals surface area contributed by atoms with E-state index in [4.69, 9.17) is 14.2 Å². The summed E-state index contributed by atoms with van der Waals surface area (Å²) in [4.78, 5) is 12.5. The van der Waals surface area contributed by atoms with Gasteiger partial charge in [0.25, 0.3) is 0 Å². The first kappa shape index (κ1) is 51.4. The Kier molecular flexibility index (Phi) is 24.2. The molecule has 0 radical (unpaired) electrons. The van der Waals surface area contributed by atoms with Crippen LogP contribution in [0, 0.1) is 53.1 Å². The van der Waals surface area contributed by atoms with Crippen LogP contribution in [0.1, 0.15) is 202 Å². The number of hydrogen-bond donors (Lipinski definition) is 0. The van der Waals surface area contributed by atoms with E-state index in [1.54, 1.807) is 12.1 Å². The Bertz CT molecular complexity index is 2010. The summed E-state index contributed by atoms with van der Waals surface area (Å²) in [6.07, 6.45) is 34.2. The van der Waals surface area contributed by atoms with E-state index in [1.165, 1.54) is 108 Å². The van der Waals surface area contributed by atoms with Gasteiger partial charge in [0.1, 0.15) is 0 Å². The normalized spacial score (nSPS) is 15.9. The SMILES string of the molecule is CCCCCCCCCOc1ccc(C#Cc2ccc(C#Cc3ccc(OCCCCCCCCC)c(F)c3)c(CCCCCCCCCCCOC(=O)C3CC4C=CC3C4)c2)cc1F. The van der Waals surface area contributed by atoms with Crippen LogP contribution in [0.2, 0.25) is 0 Å². The van der Waals surface area contributed by atoms with Crippen LogP contribution in [0.15, 0.2) is 66.7 Å². The molecule has 1 saturated carbocycles. The number of aryl methyl sites for hydroxylation is 1. The van der Waals surface area contributed by atoms with E-state index in [0.717, 1.165) is 87.3 Å². The molecule has 0 heterocycles. The lowest BCUT2D eigenvalue weighted by molar-refractivity contribution is -0.149. The first-order valence-electron chi connectivity index (χ1n) is 25.8. The average Bonchev–Trinajstić information content (AvgIpc) is 3.96. The van der Waals surface area contributed by atoms with Gasteiger partial charge in [-0.15, -0.1) is 0 Å². The number of benzene rings is 3. The second kappa shape index (κ2) is 30.6. The van der Waals surface area contributed by atoms with Gasteiger partial charge < -0.3 is 14.2 Å². The second-order valence-corrected chi connectivity index (χ2v) is 18.6. The summed E-state index contributed by atoms with van der Waals surface area (Å²) in [6, 6.07) is 16.0. The second-order valence-electron chi connectivity index (χ2n) is 18.6. The summed E-state index contributed by atoms with van der Waals surface area (Å²) in [6.45, 7) is 6.03. The number of rotatable bonds is 31. The van der Waals surface area contributed by atoms with Gasteiger partial charge in [-0.25, -0.2) is 8.78 Å². The van der Waals surface area contributed by atoms with Crippen LogP contribution < -0.4 is 9.47 Å². The lowest BCUT2D eigenvalue weighted by atomic mass is 9.94. The Morgan fingerprint density at radius 1 is 0.523 bits per heavy atom. The van der Waals surface area contributed by atoms with Gasteiger partial charge in [-0.3, -0.25) is 4.79 Å². The molecule has 3 atom stereocenters. The topological polar surface area (TPSA) is 44.8 Å². The zero-order valence-corrected chi connectivity index (χ0v) is 40.0. The number of carbonyl (C=O) groups excluding carboxylic acids is 1. The zero-order chi connectivity index (χ0) is 45.7. The van der Waals surface area contributed by atoms with Crippen LogP contribution >= 0.6 is 0 Å². The highest BCUT2D eigenvalue weighted by Crippen LogP contribution is 2.44. The summed E-state index contributed by atoms with van der Waals surface area (Å²) >= 11 is 0. The minimum atomic E-state index is -0.392. The molecule has 0 spiro atoms. The number of allylic oxidation sites excluding steroid dienone is 2. The summed E-state index contributed by atoms with van der Waals surface area (Å²) in [5, 5.41) is 0. The first-order chi connectivity index (χ1) is 31.9. The Balaban J connectivity index is 1.09. The van der Waals surface area contributed by atoms with E-state index >= 15 is 4.39 Å². The third-order valence-electron chi connectivity index (χ3n) is 13.1. The number of carbonyl (C=O) groups is 1. The molecule has 65 heavy (non-hydrogen) atoms. The molecule has 1 fully saturated rings. The molecule has 3 aromatic carbocycles. The molecule has 4 nitrogen and oxygen atoms in total. The van der Waals surface area contributed by atoms with Gasteiger partial charge >= 0.3 is 5.97 Å². The molecule has 3 unspecified atom stereocenters. The predicted molar refractivity (Wildman–Crippen MR) is 263 cm³/mol. The molecule has 6 heteroatoms. The van der Waals surface area contributed by atoms with Crippen molar-refractivity contribution >= 4 is 5.97 Å². The minimum absolute atomic E-state index is 0.0122. The summed E-state index contributed by atoms with van der Waals surface area (Å²) < 4.78 is 47.2. The first-order valence-corrected chi connectivity index (χ1v) is 25.8. The largest absolute Gasteiger partial charge is 0.491 e. The van der Waals surface area contributed by atoms with Crippen LogP contribution in [0.3, 0.4) is 0 Å². The Morgan fingerprint density at radius 2 is 0.985 bits per heavy atom. The fraction of sp³-hybridized carbons (Fsp3) is 0.576. The number of hydrogen-bond acceptors (Lipinski definition) is 4. The standard InChI is InChI=1S/C59H78F2O4/c1-3-5-7-9-15-19-23-39-63-57-37-32-48(45-55(57)60)28-27-47-29-34-51(35-30-49-33-38-58(56(61)46-49)64-40-24-20-16-10-8-6-4-2)52(42-47)26-22-18-14-12-11-13-17-21-25-41-65-59(62)54-44-50-31-36-53(54)43-50/h29,31-34,36-38,42,45-46,50,53-54H,3-26,39-41,43-44H2,1-2H3. The molecule has 0 aromatic heterocycles. The number of fused-ring (bicyclic) bond motifs is 2. The lowest BCUT2D eigenvalue weighted by Crippen LogP contribution is -2.21. The number of unbranched alkanes of at least 4 members (excludes halogenated alkanes) is 20. The predicted octanol–water partition coefficient (Wildman–Crippen LogP) is 15.8. The number of ether oxygens (including phenoxy) is 3. The van der Waals surface area contributed by atoms with Crippen molar-refractivity contribution in [1.29, 1.82) is 0 Å². The summed E-state index contributed by atoms with van der Waals surface area (Å²) in [5.41, 5.74) is 4.06. The Hall–Kier alpha value is -4.55. The molecule has 0 aliphatic heterocycles. The Labute approximate surface area is 392 Å². The molecule has 2 bridgehead atoms. The molecule has 2 aliphatic rings. The van der Waals surface area contributed by atoms with Crippen molar-refractivity contribution in [3.8, 4) is 35.2 Å². The molecular formula is C59H78F2O4. The molecule has 2 aliphatic carbocycles. The fourth-order valence-electron chi connectivity index (χ4n) is 9.14. The molecule has 0 saturated heterocycles. The van der Waals surface area contributed by atoms with Crippen LogP contribution in [0.25, 0.3) is 0 Å². The highest BCUT2D eigenvalue weighted by molar-refractivity contribution is 5.74. The Morgan fingerprint density at radius 3 is 1.48 bits per heavy atom. The average molecular weight is 889 g/mol. The van der Waals surface area contributed by atoms with Crippen LogP contribution in [0.5, 0.6) is 11.5 Å². The number of halogens is 2. The zero-order valence-electron chi connectivity index (χ0n) is 40.0. The van der Waals surface area contributed by atoms with Crippen molar-refractivity contribution in [3.63, 3.8) is 0 Å². The van der Waals surface area contributed by atoms with E-state index in [0.29, 0.717) is 42.8 Å². The quantitative estimate of drug-likeness (QED) is 0.0279. The van der Waals surface area contributed by atoms with Crippen molar-refractivity contribution in [2.24, 2.45) is 17.8 Å². The molecule has 0 amide bonds. The van der Waals surface area contributed by atoms with E-state index in [2.05, 4.69) is 55.7 Å². The van der Waals surface area contributed by atoms with Crippen molar-refractivity contribution in [2.45, 2.75) is 181 Å². The molecular weight excluding hydrogens is 811 g/mol. The van der Waals surface area contributed by atoms with Gasteiger partial charge in [0.15, 0.2) is 23.1 Å². The van der Waals surface area contributed by atoms with Crippen molar-refractivity contribution in [1.82, 2.24) is 0 Å². The van der Waals surface area contributed by atoms with Gasteiger partial charge in [0.05, 0.1) is 25.7 Å². The lowest BCUT2D eigenvalue weighted by Gasteiger charge is -2.16. The van der Waals surface area contributed by atoms with Crippen LogP contribution in [-0.2, 0) is 16.0 Å². The van der Waals surface area contributed by atoms with Crippen molar-refractivity contribution in [2.75, 3.05) is 19.8 Å². The van der Waals surface area contributed by atoms with Crippen molar-refractivity contribution < 1.29 is 27.8 Å². The maximum atomic E-state index is 15.0. The summed E-state index contributed by atoms with van der Waals surface area (Å²) in [7, 11) is 0. The van der Waals surface area contributed by atoms with Gasteiger partial charge in [0, 0.05) is 22.3 Å². The van der Waals surface area contributed by atoms with Crippen LogP contribution in [0.4, 0.5) is 8.78 Å². The highest BCUT2D eigenvalue weighted by atomic mass is 19.1. The summed E-state index contributed by atoms with van der Waals surface area (Å²) in [5.74, 6) is 13.8. The monoisotopic (exact) mass is 889 g/mol. The van der Waals surface area contributed by atoms with Crippen molar-refractivity contribution in [3.05, 3.63) is 106 Å². The third kappa shape index (κ3) is 19.4. The van der Waals surface area contributed by atoms with Gasteiger partial charge in [-0.1, -0.05) is 172 Å². The third-order valence-corrected chi connectivity index (χ3v) is 13.1. The van der Waals surface area contributed by atoms with E-state index in [-0.39, 0.29) is 29.2 Å². The maximum Gasteiger partial charge on any atom is 0.309 e. The highest BCUT2D eigenvalue weighted by Gasteiger charge is 2.40. The maximum absolute atomic E-state index is 15.0. The van der Waals surface area contributed by atoms with Crippen LogP contribution in [-0.4, -0.2) is 25.8 Å². The van der Waals surface area contributed by atoms with Gasteiger partial charge in [-0.05, 0) is 117 Å². The van der Waals surface area contributed by atoms with Gasteiger partial charge in [0.2, 0.25) is 0 Å².